The zero-order valence-corrected chi connectivity index (χ0v) is 19.9. The maximum atomic E-state index is 10.6. The second-order valence-corrected chi connectivity index (χ2v) is 9.15. The van der Waals surface area contributed by atoms with Crippen molar-refractivity contribution in [2.45, 2.75) is 31.9 Å². The van der Waals surface area contributed by atoms with Crippen LogP contribution in [0.3, 0.4) is 0 Å². The van der Waals surface area contributed by atoms with Gasteiger partial charge in [0, 0.05) is 62.1 Å². The number of carboxylic acid groups (broad SMARTS) is 2. The SMILES string of the molecule is COCCN1CCO[C@@H]2CN(Cc3ccc(C)s3)C[C@@H]2C1.O=C(O)C(F)(F)F.O=C(O)C(F)(F)F. The number of halogens is 6. The smallest absolute Gasteiger partial charge is 0.475 e. The summed E-state index contributed by atoms with van der Waals surface area (Å²) < 4.78 is 74.8. The lowest BCUT2D eigenvalue weighted by Crippen LogP contribution is -2.34. The molecule has 0 bridgehead atoms. The van der Waals surface area contributed by atoms with Crippen LogP contribution >= 0.6 is 11.3 Å². The van der Waals surface area contributed by atoms with Gasteiger partial charge in [-0.25, -0.2) is 9.59 Å². The van der Waals surface area contributed by atoms with E-state index in [1.807, 2.05) is 11.3 Å². The zero-order valence-electron chi connectivity index (χ0n) is 19.1. The second-order valence-electron chi connectivity index (χ2n) is 7.77. The molecule has 202 valence electrons. The van der Waals surface area contributed by atoms with Crippen LogP contribution in [0.1, 0.15) is 9.75 Å². The Kier molecular flexibility index (Phi) is 12.4. The van der Waals surface area contributed by atoms with E-state index >= 15 is 0 Å². The second kappa shape index (κ2) is 14.0. The van der Waals surface area contributed by atoms with E-state index in [0.29, 0.717) is 12.0 Å². The van der Waals surface area contributed by atoms with Crippen molar-refractivity contribution in [1.82, 2.24) is 9.80 Å². The molecule has 0 aromatic carbocycles. The first-order chi connectivity index (χ1) is 16.1. The number of likely N-dealkylation sites (tertiary alicyclic amines) is 1. The first-order valence-electron chi connectivity index (χ1n) is 10.3. The van der Waals surface area contributed by atoms with Crippen molar-refractivity contribution in [3.05, 3.63) is 21.9 Å². The molecule has 0 unspecified atom stereocenters. The number of carbonyl (C=O) groups is 2. The molecule has 0 radical (unpaired) electrons. The minimum Gasteiger partial charge on any atom is -0.475 e. The summed E-state index contributed by atoms with van der Waals surface area (Å²) >= 11 is 1.91. The van der Waals surface area contributed by atoms with Gasteiger partial charge in [-0.2, -0.15) is 26.3 Å². The monoisotopic (exact) mass is 538 g/mol. The predicted octanol–water partition coefficient (Wildman–Crippen LogP) is 3.10. The summed E-state index contributed by atoms with van der Waals surface area (Å²) in [5.41, 5.74) is 0. The quantitative estimate of drug-likeness (QED) is 0.552. The van der Waals surface area contributed by atoms with E-state index in [1.165, 1.54) is 9.75 Å². The van der Waals surface area contributed by atoms with Crippen LogP contribution in [-0.4, -0.2) is 103 Å². The number of carboxylic acids is 2. The van der Waals surface area contributed by atoms with Crippen LogP contribution in [0.5, 0.6) is 0 Å². The van der Waals surface area contributed by atoms with E-state index in [2.05, 4.69) is 28.9 Å². The summed E-state index contributed by atoms with van der Waals surface area (Å²) in [6.07, 6.45) is -9.75. The lowest BCUT2D eigenvalue weighted by atomic mass is 10.1. The topological polar surface area (TPSA) is 99.5 Å². The number of nitrogens with zero attached hydrogens (tertiary/aromatic N) is 2. The number of thiophene rings is 1. The van der Waals surface area contributed by atoms with Gasteiger partial charge in [0.25, 0.3) is 0 Å². The number of ether oxygens (including phenoxy) is 2. The molecule has 15 heteroatoms. The Labute approximate surface area is 202 Å². The molecule has 0 aliphatic carbocycles. The number of aliphatic carboxylic acids is 2. The van der Waals surface area contributed by atoms with Gasteiger partial charge in [-0.1, -0.05) is 0 Å². The molecule has 2 atom stereocenters. The zero-order chi connectivity index (χ0) is 26.8. The molecule has 3 heterocycles. The molecule has 8 nitrogen and oxygen atoms in total. The number of hydrogen-bond donors (Lipinski definition) is 2. The summed E-state index contributed by atoms with van der Waals surface area (Å²) in [4.78, 5) is 25.7. The molecule has 2 fully saturated rings. The highest BCUT2D eigenvalue weighted by Crippen LogP contribution is 2.26. The van der Waals surface area contributed by atoms with Crippen molar-refractivity contribution >= 4 is 23.3 Å². The third kappa shape index (κ3) is 12.0. The van der Waals surface area contributed by atoms with Crippen molar-refractivity contribution in [2.75, 3.05) is 53.0 Å². The fourth-order valence-corrected chi connectivity index (χ4v) is 4.32. The summed E-state index contributed by atoms with van der Waals surface area (Å²) in [5, 5.41) is 14.2. The number of alkyl halides is 6. The first kappa shape index (κ1) is 31.1. The third-order valence-corrected chi connectivity index (χ3v) is 5.95. The first-order valence-corrected chi connectivity index (χ1v) is 11.2. The van der Waals surface area contributed by atoms with Crippen LogP contribution in [-0.2, 0) is 25.6 Å². The number of fused-ring (bicyclic) bond motifs is 1. The predicted molar refractivity (Wildman–Crippen MR) is 113 cm³/mol. The van der Waals surface area contributed by atoms with Crippen LogP contribution in [0, 0.1) is 12.8 Å². The lowest BCUT2D eigenvalue weighted by Gasteiger charge is -2.22. The molecule has 35 heavy (non-hydrogen) atoms. The number of aryl methyl sites for hydroxylation is 1. The van der Waals surface area contributed by atoms with E-state index in [9.17, 15) is 26.3 Å². The molecule has 0 saturated carbocycles. The summed E-state index contributed by atoms with van der Waals surface area (Å²) in [6.45, 7) is 10.4. The molecule has 2 aliphatic rings. The van der Waals surface area contributed by atoms with Crippen molar-refractivity contribution in [1.29, 1.82) is 0 Å². The fraction of sp³-hybridized carbons (Fsp3) is 0.700. The molecule has 0 amide bonds. The maximum absolute atomic E-state index is 10.6. The Morgan fingerprint density at radius 3 is 2.06 bits per heavy atom. The van der Waals surface area contributed by atoms with E-state index in [-0.39, 0.29) is 0 Å². The van der Waals surface area contributed by atoms with Crippen LogP contribution in [0.25, 0.3) is 0 Å². The Hall–Kier alpha value is -1.94. The highest BCUT2D eigenvalue weighted by Gasteiger charge is 2.39. The molecule has 0 spiro atoms. The Morgan fingerprint density at radius 2 is 1.60 bits per heavy atom. The molecular formula is C20H28F6N2O6S. The van der Waals surface area contributed by atoms with Crippen LogP contribution in [0.4, 0.5) is 26.3 Å². The summed E-state index contributed by atoms with van der Waals surface area (Å²) in [5.74, 6) is -4.87. The van der Waals surface area contributed by atoms with Gasteiger partial charge in [0.05, 0.1) is 19.3 Å². The molecular weight excluding hydrogens is 510 g/mol. The molecule has 3 rings (SSSR count). The van der Waals surface area contributed by atoms with Gasteiger partial charge in [-0.05, 0) is 19.1 Å². The Balaban J connectivity index is 0.000000362. The molecule has 2 N–H and O–H groups in total. The van der Waals surface area contributed by atoms with Crippen molar-refractivity contribution in [3.8, 4) is 0 Å². The highest BCUT2D eigenvalue weighted by molar-refractivity contribution is 7.11. The van der Waals surface area contributed by atoms with Crippen molar-refractivity contribution < 1.29 is 55.6 Å². The van der Waals surface area contributed by atoms with Crippen LogP contribution in [0.2, 0.25) is 0 Å². The van der Waals surface area contributed by atoms with Crippen LogP contribution in [0.15, 0.2) is 12.1 Å². The molecule has 2 saturated heterocycles. The van der Waals surface area contributed by atoms with Gasteiger partial charge in [0.15, 0.2) is 0 Å². The average Bonchev–Trinajstić information content (AvgIpc) is 3.25. The standard InChI is InChI=1S/C16H26N2O2S.2C2HF3O2/c1-13-3-4-15(21-13)11-18-10-14-9-17(5-7-19-2)6-8-20-16(14)12-18;2*3-2(4,5)1(6)7/h3-4,14,16H,5-12H2,1-2H3;2*(H,6,7)/t14-,16+;;/m0../s1. The van der Waals surface area contributed by atoms with E-state index in [1.54, 1.807) is 7.11 Å². The number of methoxy groups -OCH3 is 1. The molecule has 2 aliphatic heterocycles. The Bertz CT molecular complexity index is 778. The highest BCUT2D eigenvalue weighted by atomic mass is 32.1. The number of rotatable bonds is 5. The fourth-order valence-electron chi connectivity index (χ4n) is 3.39. The van der Waals surface area contributed by atoms with Gasteiger partial charge in [-0.15, -0.1) is 11.3 Å². The van der Waals surface area contributed by atoms with Crippen LogP contribution < -0.4 is 0 Å². The normalized spacial score (nSPS) is 21.1. The summed E-state index contributed by atoms with van der Waals surface area (Å²) in [7, 11) is 1.78. The van der Waals surface area contributed by atoms with E-state index < -0.39 is 24.3 Å². The van der Waals surface area contributed by atoms with Gasteiger partial charge in [-0.3, -0.25) is 9.80 Å². The van der Waals surface area contributed by atoms with Crippen molar-refractivity contribution in [3.63, 3.8) is 0 Å². The van der Waals surface area contributed by atoms with E-state index in [0.717, 1.165) is 52.5 Å². The lowest BCUT2D eigenvalue weighted by molar-refractivity contribution is -0.193. The van der Waals surface area contributed by atoms with E-state index in [4.69, 9.17) is 29.3 Å². The van der Waals surface area contributed by atoms with Gasteiger partial charge >= 0.3 is 24.3 Å². The van der Waals surface area contributed by atoms with Crippen molar-refractivity contribution in [2.24, 2.45) is 5.92 Å². The minimum absolute atomic E-state index is 0.415. The third-order valence-electron chi connectivity index (χ3n) is 4.96. The van der Waals surface area contributed by atoms with Gasteiger partial charge < -0.3 is 19.7 Å². The van der Waals surface area contributed by atoms with Gasteiger partial charge in [0.2, 0.25) is 0 Å². The molecule has 1 aromatic heterocycles. The minimum atomic E-state index is -5.08. The average molecular weight is 539 g/mol. The largest absolute Gasteiger partial charge is 0.490 e. The Morgan fingerprint density at radius 1 is 1.06 bits per heavy atom. The maximum Gasteiger partial charge on any atom is 0.490 e. The summed E-state index contributed by atoms with van der Waals surface area (Å²) in [6, 6.07) is 4.48. The molecule has 1 aromatic rings. The number of hydrogen-bond acceptors (Lipinski definition) is 7. The van der Waals surface area contributed by atoms with Gasteiger partial charge in [0.1, 0.15) is 0 Å².